The predicted molar refractivity (Wildman–Crippen MR) is 72.7 cm³/mol. The monoisotopic (exact) mass is 276 g/mol. The summed E-state index contributed by atoms with van der Waals surface area (Å²) < 4.78 is 26.2. The quantitative estimate of drug-likeness (QED) is 0.834. The largest absolute Gasteiger partial charge is 0.397 e. The highest BCUT2D eigenvalue weighted by Gasteiger charge is 2.22. The van der Waals surface area contributed by atoms with Gasteiger partial charge in [-0.1, -0.05) is 32.4 Å². The van der Waals surface area contributed by atoms with Gasteiger partial charge < -0.3 is 5.73 Å². The lowest BCUT2D eigenvalue weighted by Gasteiger charge is -2.19. The Bertz CT molecular complexity index is 507. The van der Waals surface area contributed by atoms with Crippen molar-refractivity contribution in [1.82, 2.24) is 0 Å². The van der Waals surface area contributed by atoms with Crippen LogP contribution in [0.5, 0.6) is 0 Å². The molecular weight excluding hydrogens is 260 g/mol. The van der Waals surface area contributed by atoms with Gasteiger partial charge in [0.2, 0.25) is 10.0 Å². The minimum atomic E-state index is -3.40. The lowest BCUT2D eigenvalue weighted by Crippen LogP contribution is -2.26. The standard InChI is InChI=1S/C11H17ClN2O2S/c1-11(2,3)7-17(15,16)14-10-5-4-8(12)6-9(10)13/h4-6,14H,7,13H2,1-3H3. The van der Waals surface area contributed by atoms with Gasteiger partial charge in [0.25, 0.3) is 0 Å². The molecule has 6 heteroatoms. The number of rotatable bonds is 3. The third kappa shape index (κ3) is 4.83. The molecule has 1 rings (SSSR count). The van der Waals surface area contributed by atoms with Crippen molar-refractivity contribution in [2.45, 2.75) is 20.8 Å². The van der Waals surface area contributed by atoms with E-state index < -0.39 is 10.0 Å². The van der Waals surface area contributed by atoms with Crippen molar-refractivity contribution in [2.24, 2.45) is 5.41 Å². The van der Waals surface area contributed by atoms with Crippen LogP contribution in [0.1, 0.15) is 20.8 Å². The van der Waals surface area contributed by atoms with Crippen LogP contribution in [0.2, 0.25) is 5.02 Å². The molecule has 0 aliphatic heterocycles. The smallest absolute Gasteiger partial charge is 0.233 e. The molecule has 0 aliphatic rings. The van der Waals surface area contributed by atoms with Crippen molar-refractivity contribution >= 4 is 33.0 Å². The molecule has 0 spiro atoms. The maximum Gasteiger partial charge on any atom is 0.233 e. The van der Waals surface area contributed by atoms with Crippen LogP contribution in [0, 0.1) is 5.41 Å². The van der Waals surface area contributed by atoms with E-state index in [0.29, 0.717) is 16.4 Å². The minimum Gasteiger partial charge on any atom is -0.397 e. The zero-order valence-corrected chi connectivity index (χ0v) is 11.7. The molecule has 0 unspecified atom stereocenters. The second-order valence-corrected chi connectivity index (χ2v) is 7.31. The highest BCUT2D eigenvalue weighted by Crippen LogP contribution is 2.25. The highest BCUT2D eigenvalue weighted by molar-refractivity contribution is 7.92. The zero-order chi connectivity index (χ0) is 13.3. The molecular formula is C11H17ClN2O2S. The summed E-state index contributed by atoms with van der Waals surface area (Å²) in [6.45, 7) is 5.58. The SMILES string of the molecule is CC(C)(C)CS(=O)(=O)Nc1ccc(Cl)cc1N. The number of halogens is 1. The fourth-order valence-corrected chi connectivity index (χ4v) is 3.31. The molecule has 3 N–H and O–H groups in total. The number of nitrogens with one attached hydrogen (secondary N) is 1. The molecule has 1 aromatic rings. The number of sulfonamides is 1. The molecule has 0 heterocycles. The Labute approximate surface area is 107 Å². The van der Waals surface area contributed by atoms with Crippen molar-refractivity contribution in [1.29, 1.82) is 0 Å². The topological polar surface area (TPSA) is 72.2 Å². The summed E-state index contributed by atoms with van der Waals surface area (Å²) in [4.78, 5) is 0. The van der Waals surface area contributed by atoms with E-state index in [9.17, 15) is 8.42 Å². The van der Waals surface area contributed by atoms with Crippen LogP contribution < -0.4 is 10.5 Å². The van der Waals surface area contributed by atoms with E-state index in [4.69, 9.17) is 17.3 Å². The normalized spacial score (nSPS) is 12.5. The Balaban J connectivity index is 2.91. The van der Waals surface area contributed by atoms with Gasteiger partial charge in [0.1, 0.15) is 0 Å². The number of nitrogens with two attached hydrogens (primary N) is 1. The van der Waals surface area contributed by atoms with E-state index in [-0.39, 0.29) is 11.2 Å². The Morgan fingerprint density at radius 3 is 2.41 bits per heavy atom. The van der Waals surface area contributed by atoms with Gasteiger partial charge in [0, 0.05) is 5.02 Å². The fourth-order valence-electron chi connectivity index (χ4n) is 1.40. The van der Waals surface area contributed by atoms with Crippen molar-refractivity contribution in [3.8, 4) is 0 Å². The minimum absolute atomic E-state index is 0.0298. The average Bonchev–Trinajstić information content (AvgIpc) is 2.05. The first-order valence-electron chi connectivity index (χ1n) is 5.15. The van der Waals surface area contributed by atoms with E-state index >= 15 is 0 Å². The number of nitrogen functional groups attached to an aromatic ring is 1. The molecule has 0 aliphatic carbocycles. The summed E-state index contributed by atoms with van der Waals surface area (Å²) in [6, 6.07) is 4.65. The molecule has 96 valence electrons. The molecule has 17 heavy (non-hydrogen) atoms. The second-order valence-electron chi connectivity index (χ2n) is 5.15. The van der Waals surface area contributed by atoms with Crippen molar-refractivity contribution in [3.05, 3.63) is 23.2 Å². The van der Waals surface area contributed by atoms with E-state index in [2.05, 4.69) is 4.72 Å². The molecule has 4 nitrogen and oxygen atoms in total. The molecule has 0 bridgehead atoms. The van der Waals surface area contributed by atoms with E-state index in [1.54, 1.807) is 12.1 Å². The van der Waals surface area contributed by atoms with Crippen LogP contribution in [0.15, 0.2) is 18.2 Å². The number of hydrogen-bond acceptors (Lipinski definition) is 3. The van der Waals surface area contributed by atoms with Gasteiger partial charge >= 0.3 is 0 Å². The number of hydrogen-bond donors (Lipinski definition) is 2. The Hall–Kier alpha value is -0.940. The summed E-state index contributed by atoms with van der Waals surface area (Å²) in [5.41, 5.74) is 6.04. The van der Waals surface area contributed by atoms with Gasteiger partial charge in [0.15, 0.2) is 0 Å². The van der Waals surface area contributed by atoms with Crippen molar-refractivity contribution in [2.75, 3.05) is 16.2 Å². The van der Waals surface area contributed by atoms with Crippen LogP contribution >= 0.6 is 11.6 Å². The lowest BCUT2D eigenvalue weighted by molar-refractivity contribution is 0.463. The highest BCUT2D eigenvalue weighted by atomic mass is 35.5. The third-order valence-electron chi connectivity index (χ3n) is 1.90. The van der Waals surface area contributed by atoms with Crippen LogP contribution in [-0.2, 0) is 10.0 Å². The summed E-state index contributed by atoms with van der Waals surface area (Å²) >= 11 is 5.74. The maximum atomic E-state index is 11.9. The van der Waals surface area contributed by atoms with Crippen LogP contribution in [0.3, 0.4) is 0 Å². The third-order valence-corrected chi connectivity index (χ3v) is 3.91. The van der Waals surface area contributed by atoms with Gasteiger partial charge in [-0.05, 0) is 23.6 Å². The van der Waals surface area contributed by atoms with Gasteiger partial charge in [-0.3, -0.25) is 4.72 Å². The van der Waals surface area contributed by atoms with E-state index in [1.807, 2.05) is 20.8 Å². The van der Waals surface area contributed by atoms with Gasteiger partial charge in [-0.2, -0.15) is 0 Å². The Morgan fingerprint density at radius 2 is 1.94 bits per heavy atom. The molecule has 0 aromatic heterocycles. The average molecular weight is 277 g/mol. The molecule has 0 radical (unpaired) electrons. The molecule has 1 aromatic carbocycles. The number of anilines is 2. The van der Waals surface area contributed by atoms with Crippen LogP contribution in [-0.4, -0.2) is 14.2 Å². The van der Waals surface area contributed by atoms with E-state index in [1.165, 1.54) is 6.07 Å². The number of benzene rings is 1. The predicted octanol–water partition coefficient (Wildman–Crippen LogP) is 2.71. The maximum absolute atomic E-state index is 11.9. The molecule has 0 saturated heterocycles. The Morgan fingerprint density at radius 1 is 1.35 bits per heavy atom. The molecule has 0 fully saturated rings. The molecule has 0 saturated carbocycles. The second kappa shape index (κ2) is 4.74. The summed E-state index contributed by atoms with van der Waals surface area (Å²) in [6.07, 6.45) is 0. The van der Waals surface area contributed by atoms with Crippen LogP contribution in [0.4, 0.5) is 11.4 Å². The van der Waals surface area contributed by atoms with E-state index in [0.717, 1.165) is 0 Å². The van der Waals surface area contributed by atoms with Crippen molar-refractivity contribution < 1.29 is 8.42 Å². The van der Waals surface area contributed by atoms with Gasteiger partial charge in [0.05, 0.1) is 17.1 Å². The molecule has 0 atom stereocenters. The van der Waals surface area contributed by atoms with Crippen LogP contribution in [0.25, 0.3) is 0 Å². The lowest BCUT2D eigenvalue weighted by atomic mass is 10.0. The first kappa shape index (κ1) is 14.1. The summed E-state index contributed by atoms with van der Waals surface area (Å²) in [7, 11) is -3.40. The molecule has 0 amide bonds. The van der Waals surface area contributed by atoms with Gasteiger partial charge in [-0.25, -0.2) is 8.42 Å². The first-order valence-corrected chi connectivity index (χ1v) is 7.18. The Kier molecular flexibility index (Phi) is 3.94. The van der Waals surface area contributed by atoms with Gasteiger partial charge in [-0.15, -0.1) is 0 Å². The summed E-state index contributed by atoms with van der Waals surface area (Å²) in [5.74, 6) is 0.0298. The van der Waals surface area contributed by atoms with Crippen molar-refractivity contribution in [3.63, 3.8) is 0 Å². The zero-order valence-electron chi connectivity index (χ0n) is 10.1. The first-order chi connectivity index (χ1) is 7.59. The fraction of sp³-hybridized carbons (Fsp3) is 0.455. The summed E-state index contributed by atoms with van der Waals surface area (Å²) in [5, 5.41) is 0.473.